The fraction of sp³-hybridized carbons (Fsp3) is 0.889. The van der Waals surface area contributed by atoms with Crippen LogP contribution in [0.2, 0.25) is 0 Å². The van der Waals surface area contributed by atoms with Crippen molar-refractivity contribution in [1.29, 1.82) is 0 Å². The summed E-state index contributed by atoms with van der Waals surface area (Å²) in [4.78, 5) is 9.70. The maximum Gasteiger partial charge on any atom is 0.0110 e. The smallest absolute Gasteiger partial charge is 0.0110 e. The molecule has 130 valence electrons. The van der Waals surface area contributed by atoms with Crippen molar-refractivity contribution < 1.29 is 0 Å². The van der Waals surface area contributed by atoms with Crippen LogP contribution in [0.1, 0.15) is 19.3 Å². The Balaban J connectivity index is 0.000000541. The van der Waals surface area contributed by atoms with Crippen molar-refractivity contribution in [3.05, 3.63) is 12.7 Å². The lowest BCUT2D eigenvalue weighted by Crippen LogP contribution is -2.47. The van der Waals surface area contributed by atoms with Gasteiger partial charge in [0.05, 0.1) is 0 Å². The van der Waals surface area contributed by atoms with Gasteiger partial charge in [-0.1, -0.05) is 6.08 Å². The molecule has 0 amide bonds. The van der Waals surface area contributed by atoms with E-state index < -0.39 is 0 Å². The van der Waals surface area contributed by atoms with Crippen LogP contribution in [0.4, 0.5) is 0 Å². The Labute approximate surface area is 138 Å². The first kappa shape index (κ1) is 19.6. The van der Waals surface area contributed by atoms with E-state index in [-0.39, 0.29) is 0 Å². The Morgan fingerprint density at radius 3 is 1.82 bits per heavy atom. The van der Waals surface area contributed by atoms with E-state index in [1.807, 2.05) is 26.0 Å². The molecule has 22 heavy (non-hydrogen) atoms. The number of rotatable bonds is 5. The minimum Gasteiger partial charge on any atom is -0.312 e. The zero-order chi connectivity index (χ0) is 16.4. The Bertz CT molecular complexity index is 274. The number of hydrogen-bond acceptors (Lipinski definition) is 4. The number of allylic oxidation sites excluding steroid dienone is 1. The lowest BCUT2D eigenvalue weighted by Gasteiger charge is -2.36. The van der Waals surface area contributed by atoms with Crippen LogP contribution in [0.3, 0.4) is 0 Å². The summed E-state index contributed by atoms with van der Waals surface area (Å²) in [5, 5.41) is 0. The predicted molar refractivity (Wildman–Crippen MR) is 97.5 cm³/mol. The molecule has 2 aliphatic heterocycles. The van der Waals surface area contributed by atoms with Crippen LogP contribution in [0.5, 0.6) is 0 Å². The average Bonchev–Trinajstić information content (AvgIpc) is 2.48. The summed E-state index contributed by atoms with van der Waals surface area (Å²) in [6.07, 6.45) is 6.04. The summed E-state index contributed by atoms with van der Waals surface area (Å²) in [5.74, 6) is 0.905. The zero-order valence-electron chi connectivity index (χ0n) is 15.4. The third-order valence-corrected chi connectivity index (χ3v) is 4.54. The van der Waals surface area contributed by atoms with Crippen LogP contribution < -0.4 is 0 Å². The van der Waals surface area contributed by atoms with Crippen LogP contribution in [-0.4, -0.2) is 100 Å². The third-order valence-electron chi connectivity index (χ3n) is 4.54. The molecule has 2 aliphatic rings. The number of likely N-dealkylation sites (tertiary alicyclic amines) is 1. The first-order valence-electron chi connectivity index (χ1n) is 8.86. The van der Waals surface area contributed by atoms with Crippen LogP contribution in [0, 0.1) is 5.92 Å². The van der Waals surface area contributed by atoms with E-state index in [0.29, 0.717) is 0 Å². The number of nitrogens with zero attached hydrogens (tertiary/aromatic N) is 4. The van der Waals surface area contributed by atoms with Gasteiger partial charge < -0.3 is 14.7 Å². The molecule has 0 unspecified atom stereocenters. The fourth-order valence-corrected chi connectivity index (χ4v) is 3.04. The first-order chi connectivity index (χ1) is 10.5. The average molecular weight is 311 g/mol. The SMILES string of the molecule is C=CCC1CCN(CCN2CCN(C)CC2)CC1.CN(C)C. The van der Waals surface area contributed by atoms with Gasteiger partial charge in [0, 0.05) is 39.3 Å². The van der Waals surface area contributed by atoms with Crippen LogP contribution in [-0.2, 0) is 0 Å². The minimum atomic E-state index is 0.905. The highest BCUT2D eigenvalue weighted by atomic mass is 15.3. The van der Waals surface area contributed by atoms with Crippen LogP contribution in [0.25, 0.3) is 0 Å². The van der Waals surface area contributed by atoms with E-state index in [2.05, 4.69) is 34.4 Å². The van der Waals surface area contributed by atoms with Crippen molar-refractivity contribution in [3.63, 3.8) is 0 Å². The third kappa shape index (κ3) is 8.89. The van der Waals surface area contributed by atoms with Crippen LogP contribution >= 0.6 is 0 Å². The maximum atomic E-state index is 3.85. The van der Waals surface area contributed by atoms with Crippen molar-refractivity contribution in [3.8, 4) is 0 Å². The number of likely N-dealkylation sites (N-methyl/N-ethyl adjacent to an activating group) is 1. The summed E-state index contributed by atoms with van der Waals surface area (Å²) >= 11 is 0. The van der Waals surface area contributed by atoms with Gasteiger partial charge in [0.1, 0.15) is 0 Å². The van der Waals surface area contributed by atoms with E-state index in [0.717, 1.165) is 5.92 Å². The lowest BCUT2D eigenvalue weighted by atomic mass is 9.94. The van der Waals surface area contributed by atoms with Gasteiger partial charge in [-0.05, 0) is 66.5 Å². The van der Waals surface area contributed by atoms with Gasteiger partial charge in [-0.3, -0.25) is 4.90 Å². The van der Waals surface area contributed by atoms with E-state index in [9.17, 15) is 0 Å². The highest BCUT2D eigenvalue weighted by molar-refractivity contribution is 4.79. The van der Waals surface area contributed by atoms with Crippen molar-refractivity contribution in [2.45, 2.75) is 19.3 Å². The van der Waals surface area contributed by atoms with Gasteiger partial charge >= 0.3 is 0 Å². The molecule has 2 rings (SSSR count). The molecule has 0 atom stereocenters. The van der Waals surface area contributed by atoms with E-state index >= 15 is 0 Å². The molecule has 2 fully saturated rings. The molecule has 0 spiro atoms. The molecule has 0 saturated carbocycles. The number of piperazine rings is 1. The molecule has 0 N–H and O–H groups in total. The standard InChI is InChI=1S/C15H29N3.C3H9N/c1-3-4-15-5-7-17(8-6-15)13-14-18-11-9-16(2)10-12-18;1-4(2)3/h3,15H,1,4-14H2,2H3;1-3H3. The van der Waals surface area contributed by atoms with Gasteiger partial charge in [0.2, 0.25) is 0 Å². The monoisotopic (exact) mass is 310 g/mol. The molecule has 0 aliphatic carbocycles. The second-order valence-corrected chi connectivity index (χ2v) is 7.30. The summed E-state index contributed by atoms with van der Waals surface area (Å²) in [6, 6.07) is 0. The van der Waals surface area contributed by atoms with Crippen LogP contribution in [0.15, 0.2) is 12.7 Å². The Hall–Kier alpha value is -0.420. The summed E-state index contributed by atoms with van der Waals surface area (Å²) < 4.78 is 0. The molecule has 0 aromatic rings. The molecule has 0 radical (unpaired) electrons. The largest absolute Gasteiger partial charge is 0.312 e. The molecule has 2 heterocycles. The van der Waals surface area contributed by atoms with Crippen molar-refractivity contribution in [2.24, 2.45) is 5.92 Å². The van der Waals surface area contributed by atoms with E-state index in [1.54, 1.807) is 0 Å². The summed E-state index contributed by atoms with van der Waals surface area (Å²) in [6.45, 7) is 14.0. The van der Waals surface area contributed by atoms with E-state index in [1.165, 1.54) is 71.6 Å². The normalized spacial score (nSPS) is 22.4. The van der Waals surface area contributed by atoms with Gasteiger partial charge in [-0.25, -0.2) is 0 Å². The quantitative estimate of drug-likeness (QED) is 0.717. The first-order valence-corrected chi connectivity index (χ1v) is 8.86. The van der Waals surface area contributed by atoms with Gasteiger partial charge in [-0.15, -0.1) is 6.58 Å². The Kier molecular flexibility index (Phi) is 9.96. The summed E-state index contributed by atoms with van der Waals surface area (Å²) in [7, 11) is 8.22. The molecule has 0 bridgehead atoms. The molecule has 4 heteroatoms. The van der Waals surface area contributed by atoms with Gasteiger partial charge in [0.25, 0.3) is 0 Å². The molecular weight excluding hydrogens is 272 g/mol. The second kappa shape index (κ2) is 11.2. The number of piperidine rings is 1. The molecule has 0 aromatic heterocycles. The molecular formula is C18H38N4. The van der Waals surface area contributed by atoms with Gasteiger partial charge in [0.15, 0.2) is 0 Å². The topological polar surface area (TPSA) is 13.0 Å². The second-order valence-electron chi connectivity index (χ2n) is 7.30. The molecule has 0 aromatic carbocycles. The highest BCUT2D eigenvalue weighted by Crippen LogP contribution is 2.20. The Morgan fingerprint density at radius 2 is 1.36 bits per heavy atom. The van der Waals surface area contributed by atoms with Gasteiger partial charge in [-0.2, -0.15) is 0 Å². The fourth-order valence-electron chi connectivity index (χ4n) is 3.04. The maximum absolute atomic E-state index is 3.85. The molecule has 4 nitrogen and oxygen atoms in total. The number of hydrogen-bond donors (Lipinski definition) is 0. The summed E-state index contributed by atoms with van der Waals surface area (Å²) in [5.41, 5.74) is 0. The highest BCUT2D eigenvalue weighted by Gasteiger charge is 2.19. The van der Waals surface area contributed by atoms with Crippen molar-refractivity contribution in [1.82, 2.24) is 19.6 Å². The predicted octanol–water partition coefficient (Wildman–Crippen LogP) is 1.70. The molecule has 2 saturated heterocycles. The Morgan fingerprint density at radius 1 is 0.909 bits per heavy atom. The minimum absolute atomic E-state index is 0.905. The van der Waals surface area contributed by atoms with Crippen molar-refractivity contribution >= 4 is 0 Å². The van der Waals surface area contributed by atoms with Crippen molar-refractivity contribution in [2.75, 3.05) is 80.5 Å². The lowest BCUT2D eigenvalue weighted by molar-refractivity contribution is 0.120. The van der Waals surface area contributed by atoms with E-state index in [4.69, 9.17) is 0 Å². The zero-order valence-corrected chi connectivity index (χ0v) is 15.4.